The highest BCUT2D eigenvalue weighted by Gasteiger charge is 2.28. The summed E-state index contributed by atoms with van der Waals surface area (Å²) in [5.74, 6) is 3.34. The quantitative estimate of drug-likeness (QED) is 0.668. The Bertz CT molecular complexity index is 341. The minimum Gasteiger partial charge on any atom is -0.329 e. The molecule has 0 spiro atoms. The van der Waals surface area contributed by atoms with E-state index in [0.717, 1.165) is 23.0 Å². The molecule has 0 N–H and O–H groups in total. The number of carbonyl (C=O) groups is 1. The molecule has 4 heteroatoms. The van der Waals surface area contributed by atoms with E-state index in [-0.39, 0.29) is 11.7 Å². The molecule has 0 aromatic carbocycles. The van der Waals surface area contributed by atoms with Gasteiger partial charge in [0.25, 0.3) is 0 Å². The molecule has 1 saturated heterocycles. The first-order chi connectivity index (χ1) is 6.20. The number of aryl methyl sites for hydroxylation is 1. The Labute approximate surface area is 81.5 Å². The number of Topliss-reactive ketones (excluding diaryl/α,β-unsaturated/α-hetero) is 1. The Hall–Kier alpha value is -0.770. The number of hydrogen-bond donors (Lipinski definition) is 0. The fourth-order valence-electron chi connectivity index (χ4n) is 1.33. The molecule has 2 rings (SSSR count). The molecule has 0 saturated carbocycles. The summed E-state index contributed by atoms with van der Waals surface area (Å²) in [5.41, 5.74) is 0.753. The highest BCUT2D eigenvalue weighted by molar-refractivity contribution is 8.00. The zero-order valence-electron chi connectivity index (χ0n) is 7.78. The van der Waals surface area contributed by atoms with Crippen LogP contribution in [0.5, 0.6) is 0 Å². The molecule has 0 aliphatic carbocycles. The summed E-state index contributed by atoms with van der Waals surface area (Å²) in [7, 11) is 1.89. The summed E-state index contributed by atoms with van der Waals surface area (Å²) in [6, 6.07) is 0. The van der Waals surface area contributed by atoms with E-state index in [2.05, 4.69) is 4.98 Å². The van der Waals surface area contributed by atoms with E-state index in [1.54, 1.807) is 6.20 Å². The normalized spacial score (nSPS) is 17.1. The van der Waals surface area contributed by atoms with Crippen molar-refractivity contribution >= 4 is 17.5 Å². The lowest BCUT2D eigenvalue weighted by molar-refractivity contribution is 0.0930. The smallest absolute Gasteiger partial charge is 0.185 e. The van der Waals surface area contributed by atoms with E-state index in [1.807, 2.05) is 30.3 Å². The number of aromatic nitrogens is 2. The lowest BCUT2D eigenvalue weighted by atomic mass is 10.1. The summed E-state index contributed by atoms with van der Waals surface area (Å²) >= 11 is 1.83. The molecule has 1 aromatic heterocycles. The van der Waals surface area contributed by atoms with Crippen molar-refractivity contribution in [3.05, 3.63) is 17.7 Å². The lowest BCUT2D eigenvalue weighted by Gasteiger charge is -2.23. The van der Waals surface area contributed by atoms with Crippen molar-refractivity contribution in [2.75, 3.05) is 11.5 Å². The molecule has 2 heterocycles. The van der Waals surface area contributed by atoms with E-state index in [0.29, 0.717) is 0 Å². The number of rotatable bonds is 2. The largest absolute Gasteiger partial charge is 0.329 e. The summed E-state index contributed by atoms with van der Waals surface area (Å²) < 4.78 is 1.87. The monoisotopic (exact) mass is 196 g/mol. The van der Waals surface area contributed by atoms with Gasteiger partial charge in [-0.2, -0.15) is 11.8 Å². The summed E-state index contributed by atoms with van der Waals surface area (Å²) in [6.45, 7) is 1.91. The van der Waals surface area contributed by atoms with E-state index >= 15 is 0 Å². The zero-order valence-corrected chi connectivity index (χ0v) is 8.60. The first-order valence-corrected chi connectivity index (χ1v) is 5.46. The molecule has 1 fully saturated rings. The number of thioether (sulfide) groups is 1. The molecular formula is C9H12N2OS. The highest BCUT2D eigenvalue weighted by Crippen LogP contribution is 2.27. The van der Waals surface area contributed by atoms with E-state index in [1.165, 1.54) is 0 Å². The van der Waals surface area contributed by atoms with Crippen LogP contribution in [0, 0.1) is 12.8 Å². The molecule has 0 amide bonds. The van der Waals surface area contributed by atoms with Crippen LogP contribution in [-0.2, 0) is 7.05 Å². The predicted molar refractivity (Wildman–Crippen MR) is 53.1 cm³/mol. The number of ketones is 1. The standard InChI is InChI=1S/C9H12N2OS/c1-6-10-3-8(11(6)2)9(12)7-4-13-5-7/h3,7H,4-5H2,1-2H3. The van der Waals surface area contributed by atoms with Crippen LogP contribution in [0.25, 0.3) is 0 Å². The van der Waals surface area contributed by atoms with Crippen LogP contribution in [0.4, 0.5) is 0 Å². The third-order valence-corrected chi connectivity index (χ3v) is 3.76. The van der Waals surface area contributed by atoms with E-state index in [9.17, 15) is 4.79 Å². The number of nitrogens with zero attached hydrogens (tertiary/aromatic N) is 2. The predicted octanol–water partition coefficient (Wildman–Crippen LogP) is 1.27. The minimum atomic E-state index is 0.236. The SMILES string of the molecule is Cc1ncc(C(=O)C2CSC2)n1C. The van der Waals surface area contributed by atoms with Gasteiger partial charge in [-0.3, -0.25) is 4.79 Å². The van der Waals surface area contributed by atoms with Gasteiger partial charge in [-0.25, -0.2) is 4.98 Å². The van der Waals surface area contributed by atoms with Crippen LogP contribution in [0.15, 0.2) is 6.20 Å². The third-order valence-electron chi connectivity index (χ3n) is 2.48. The van der Waals surface area contributed by atoms with Gasteiger partial charge in [0.1, 0.15) is 11.5 Å². The molecule has 1 aliphatic rings. The Kier molecular flexibility index (Phi) is 2.15. The number of carbonyl (C=O) groups excluding carboxylic acids is 1. The Morgan fingerprint density at radius 2 is 2.38 bits per heavy atom. The first kappa shape index (κ1) is 8.81. The van der Waals surface area contributed by atoms with Crippen LogP contribution in [0.1, 0.15) is 16.3 Å². The Morgan fingerprint density at radius 1 is 1.69 bits per heavy atom. The topological polar surface area (TPSA) is 34.9 Å². The van der Waals surface area contributed by atoms with E-state index < -0.39 is 0 Å². The molecule has 0 unspecified atom stereocenters. The van der Waals surface area contributed by atoms with Crippen molar-refractivity contribution < 1.29 is 4.79 Å². The van der Waals surface area contributed by atoms with Crippen LogP contribution in [0.3, 0.4) is 0 Å². The summed E-state index contributed by atoms with van der Waals surface area (Å²) in [4.78, 5) is 15.9. The first-order valence-electron chi connectivity index (χ1n) is 4.30. The average molecular weight is 196 g/mol. The van der Waals surface area contributed by atoms with Gasteiger partial charge in [-0.15, -0.1) is 0 Å². The van der Waals surface area contributed by atoms with Crippen molar-refractivity contribution in [3.63, 3.8) is 0 Å². The molecule has 0 radical (unpaired) electrons. The van der Waals surface area contributed by atoms with Crippen molar-refractivity contribution in [2.24, 2.45) is 13.0 Å². The summed E-state index contributed by atoms with van der Waals surface area (Å²) in [6.07, 6.45) is 1.68. The molecular weight excluding hydrogens is 184 g/mol. The van der Waals surface area contributed by atoms with Crippen LogP contribution < -0.4 is 0 Å². The number of imidazole rings is 1. The van der Waals surface area contributed by atoms with Crippen LogP contribution in [0.2, 0.25) is 0 Å². The fraction of sp³-hybridized carbons (Fsp3) is 0.556. The Balaban J connectivity index is 2.24. The van der Waals surface area contributed by atoms with Gasteiger partial charge in [-0.1, -0.05) is 0 Å². The molecule has 0 bridgehead atoms. The average Bonchev–Trinajstić information content (AvgIpc) is 2.29. The van der Waals surface area contributed by atoms with Gasteiger partial charge >= 0.3 is 0 Å². The fourth-order valence-corrected chi connectivity index (χ4v) is 2.10. The van der Waals surface area contributed by atoms with Gasteiger partial charge in [0, 0.05) is 24.5 Å². The second kappa shape index (κ2) is 3.18. The van der Waals surface area contributed by atoms with Crippen molar-refractivity contribution in [3.8, 4) is 0 Å². The second-order valence-electron chi connectivity index (χ2n) is 3.35. The molecule has 70 valence electrons. The molecule has 1 aromatic rings. The van der Waals surface area contributed by atoms with Crippen LogP contribution >= 0.6 is 11.8 Å². The maximum atomic E-state index is 11.8. The van der Waals surface area contributed by atoms with E-state index in [4.69, 9.17) is 0 Å². The maximum absolute atomic E-state index is 11.8. The molecule has 13 heavy (non-hydrogen) atoms. The molecule has 1 aliphatic heterocycles. The van der Waals surface area contributed by atoms with Crippen molar-refractivity contribution in [1.82, 2.24) is 9.55 Å². The van der Waals surface area contributed by atoms with Gasteiger partial charge in [-0.05, 0) is 6.92 Å². The maximum Gasteiger partial charge on any atom is 0.185 e. The van der Waals surface area contributed by atoms with Gasteiger partial charge in [0.05, 0.1) is 6.20 Å². The van der Waals surface area contributed by atoms with Gasteiger partial charge in [0.15, 0.2) is 5.78 Å². The third kappa shape index (κ3) is 1.39. The van der Waals surface area contributed by atoms with Gasteiger partial charge in [0.2, 0.25) is 0 Å². The van der Waals surface area contributed by atoms with Crippen molar-refractivity contribution in [2.45, 2.75) is 6.92 Å². The van der Waals surface area contributed by atoms with Crippen LogP contribution in [-0.4, -0.2) is 26.8 Å². The van der Waals surface area contributed by atoms with Gasteiger partial charge < -0.3 is 4.57 Å². The van der Waals surface area contributed by atoms with Crippen molar-refractivity contribution in [1.29, 1.82) is 0 Å². The highest BCUT2D eigenvalue weighted by atomic mass is 32.2. The summed E-state index contributed by atoms with van der Waals surface area (Å²) in [5, 5.41) is 0. The zero-order chi connectivity index (χ0) is 9.42. The lowest BCUT2D eigenvalue weighted by Crippen LogP contribution is -2.28. The molecule has 3 nitrogen and oxygen atoms in total. The Morgan fingerprint density at radius 3 is 2.77 bits per heavy atom. The molecule has 0 atom stereocenters. The second-order valence-corrected chi connectivity index (χ2v) is 4.42. The number of hydrogen-bond acceptors (Lipinski definition) is 3. The minimum absolute atomic E-state index is 0.236.